The number of amides is 1. The fourth-order valence-electron chi connectivity index (χ4n) is 0.937. The van der Waals surface area contributed by atoms with E-state index in [1.54, 1.807) is 6.20 Å². The zero-order chi connectivity index (χ0) is 10.2. The number of aromatic nitrogens is 1. The third-order valence-electron chi connectivity index (χ3n) is 1.55. The van der Waals surface area contributed by atoms with E-state index in [1.807, 2.05) is 18.2 Å². The van der Waals surface area contributed by atoms with Gasteiger partial charge in [-0.3, -0.25) is 9.78 Å². The van der Waals surface area contributed by atoms with Crippen LogP contribution in [-0.2, 0) is 11.2 Å². The number of hydrogen-bond donors (Lipinski definition) is 1. The average molecular weight is 253 g/mol. The lowest BCUT2D eigenvalue weighted by atomic mass is 10.3. The molecule has 0 fully saturated rings. The van der Waals surface area contributed by atoms with Crippen molar-refractivity contribution < 1.29 is 4.79 Å². The molecule has 1 aromatic heterocycles. The van der Waals surface area contributed by atoms with Gasteiger partial charge in [-0.15, -0.1) is 0 Å². The molecule has 0 bridgehead atoms. The van der Waals surface area contributed by atoms with Gasteiger partial charge in [-0.1, -0.05) is 6.07 Å². The summed E-state index contributed by atoms with van der Waals surface area (Å²) in [7, 11) is 0. The van der Waals surface area contributed by atoms with E-state index < -0.39 is 0 Å². The zero-order valence-electron chi connectivity index (χ0n) is 7.46. The summed E-state index contributed by atoms with van der Waals surface area (Å²) in [5, 5.41) is 2.65. The van der Waals surface area contributed by atoms with Gasteiger partial charge in [-0.05, 0) is 17.0 Å². The van der Waals surface area contributed by atoms with Gasteiger partial charge in [0.05, 0.1) is 0 Å². The molecule has 0 aliphatic rings. The van der Waals surface area contributed by atoms with Crippen molar-refractivity contribution in [3.8, 4) is 10.8 Å². The first-order valence-electron chi connectivity index (χ1n) is 4.12. The van der Waals surface area contributed by atoms with Crippen molar-refractivity contribution in [2.45, 2.75) is 6.42 Å². The fourth-order valence-corrected chi connectivity index (χ4v) is 1.12. The molecule has 14 heavy (non-hydrogen) atoms. The van der Waals surface area contributed by atoms with E-state index in [0.29, 0.717) is 6.54 Å². The lowest BCUT2D eigenvalue weighted by Crippen LogP contribution is -2.24. The Labute approximate surface area is 91.1 Å². The Morgan fingerprint density at radius 2 is 2.43 bits per heavy atom. The maximum Gasteiger partial charge on any atom is 0.296 e. The van der Waals surface area contributed by atoms with E-state index in [0.717, 1.165) is 12.1 Å². The van der Waals surface area contributed by atoms with Crippen molar-refractivity contribution >= 4 is 21.8 Å². The summed E-state index contributed by atoms with van der Waals surface area (Å²) in [5.41, 5.74) is 0.958. The van der Waals surface area contributed by atoms with Crippen LogP contribution in [-0.4, -0.2) is 17.4 Å². The highest BCUT2D eigenvalue weighted by molar-refractivity contribution is 9.12. The van der Waals surface area contributed by atoms with E-state index in [4.69, 9.17) is 0 Å². The van der Waals surface area contributed by atoms with Gasteiger partial charge >= 0.3 is 0 Å². The topological polar surface area (TPSA) is 42.0 Å². The quantitative estimate of drug-likeness (QED) is 0.819. The molecule has 0 aromatic carbocycles. The van der Waals surface area contributed by atoms with Gasteiger partial charge in [0, 0.05) is 46.7 Å². The predicted octanol–water partition coefficient (Wildman–Crippen LogP) is 1.10. The number of carbonyl (C=O) groups is 1. The van der Waals surface area contributed by atoms with Gasteiger partial charge < -0.3 is 5.32 Å². The van der Waals surface area contributed by atoms with E-state index in [1.165, 1.54) is 0 Å². The maximum absolute atomic E-state index is 10.9. The van der Waals surface area contributed by atoms with Crippen LogP contribution in [0.4, 0.5) is 0 Å². The van der Waals surface area contributed by atoms with Crippen molar-refractivity contribution in [3.63, 3.8) is 0 Å². The second-order valence-electron chi connectivity index (χ2n) is 2.55. The minimum Gasteiger partial charge on any atom is -0.345 e. The third-order valence-corrected chi connectivity index (χ3v) is 1.75. The molecule has 3 nitrogen and oxygen atoms in total. The van der Waals surface area contributed by atoms with Crippen molar-refractivity contribution in [3.05, 3.63) is 30.1 Å². The number of hydrogen-bond acceptors (Lipinski definition) is 2. The summed E-state index contributed by atoms with van der Waals surface area (Å²) >= 11 is 2.85. The summed E-state index contributed by atoms with van der Waals surface area (Å²) in [6.07, 6.45) is 2.45. The summed E-state index contributed by atoms with van der Waals surface area (Å²) in [6.45, 7) is 0.553. The van der Waals surface area contributed by atoms with E-state index in [-0.39, 0.29) is 5.91 Å². The molecule has 0 saturated carbocycles. The SMILES string of the molecule is O=C(C#CBr)NCCc1ccccn1. The van der Waals surface area contributed by atoms with Crippen molar-refractivity contribution in [1.29, 1.82) is 0 Å². The molecular weight excluding hydrogens is 244 g/mol. The minimum absolute atomic E-state index is 0.280. The van der Waals surface area contributed by atoms with Crippen molar-refractivity contribution in [1.82, 2.24) is 10.3 Å². The van der Waals surface area contributed by atoms with Crippen LogP contribution in [0.15, 0.2) is 24.4 Å². The largest absolute Gasteiger partial charge is 0.345 e. The van der Waals surface area contributed by atoms with Crippen LogP contribution in [0.25, 0.3) is 0 Å². The van der Waals surface area contributed by atoms with Gasteiger partial charge in [-0.2, -0.15) is 0 Å². The monoisotopic (exact) mass is 252 g/mol. The Morgan fingerprint density at radius 3 is 3.07 bits per heavy atom. The summed E-state index contributed by atoms with van der Waals surface area (Å²) in [6, 6.07) is 5.70. The van der Waals surface area contributed by atoms with Crippen LogP contribution < -0.4 is 5.32 Å². The van der Waals surface area contributed by atoms with Crippen molar-refractivity contribution in [2.75, 3.05) is 6.54 Å². The predicted molar refractivity (Wildman–Crippen MR) is 57.7 cm³/mol. The second kappa shape index (κ2) is 6.17. The Morgan fingerprint density at radius 1 is 1.57 bits per heavy atom. The van der Waals surface area contributed by atoms with E-state index in [9.17, 15) is 4.79 Å². The smallest absolute Gasteiger partial charge is 0.296 e. The molecule has 1 rings (SSSR count). The molecule has 72 valence electrons. The molecule has 0 unspecified atom stereocenters. The summed E-state index contributed by atoms with van der Waals surface area (Å²) in [4.78, 5) is 17.4. The molecule has 1 N–H and O–H groups in total. The van der Waals surface area contributed by atoms with Gasteiger partial charge in [0.25, 0.3) is 5.91 Å². The van der Waals surface area contributed by atoms with Crippen LogP contribution in [0.3, 0.4) is 0 Å². The fraction of sp³-hybridized carbons (Fsp3) is 0.200. The van der Waals surface area contributed by atoms with Gasteiger partial charge in [0.2, 0.25) is 0 Å². The van der Waals surface area contributed by atoms with Gasteiger partial charge in [-0.25, -0.2) is 0 Å². The Balaban J connectivity index is 2.28. The van der Waals surface area contributed by atoms with Gasteiger partial charge in [0.15, 0.2) is 0 Å². The lowest BCUT2D eigenvalue weighted by Gasteiger charge is -1.99. The molecule has 0 radical (unpaired) electrons. The van der Waals surface area contributed by atoms with Crippen molar-refractivity contribution in [2.24, 2.45) is 0 Å². The number of pyridine rings is 1. The Bertz CT molecular complexity index is 353. The number of carbonyl (C=O) groups excluding carboxylic acids is 1. The highest BCUT2D eigenvalue weighted by Gasteiger charge is 1.95. The third kappa shape index (κ3) is 4.06. The molecule has 1 aromatic rings. The van der Waals surface area contributed by atoms with Crippen LogP contribution in [0.1, 0.15) is 5.69 Å². The first-order chi connectivity index (χ1) is 6.83. The summed E-state index contributed by atoms with van der Waals surface area (Å²) < 4.78 is 0. The van der Waals surface area contributed by atoms with Crippen LogP contribution >= 0.6 is 15.9 Å². The average Bonchev–Trinajstić information content (AvgIpc) is 2.20. The minimum atomic E-state index is -0.280. The molecule has 0 aliphatic heterocycles. The number of nitrogens with one attached hydrogen (secondary N) is 1. The molecule has 1 amide bonds. The Kier molecular flexibility index (Phi) is 4.73. The molecular formula is C10H9BrN2O. The Hall–Kier alpha value is -1.34. The number of rotatable bonds is 3. The summed E-state index contributed by atoms with van der Waals surface area (Å²) in [5.74, 6) is 2.05. The first kappa shape index (κ1) is 10.7. The van der Waals surface area contributed by atoms with E-state index >= 15 is 0 Å². The first-order valence-corrected chi connectivity index (χ1v) is 4.91. The van der Waals surface area contributed by atoms with E-state index in [2.05, 4.69) is 37.0 Å². The normalized spacial score (nSPS) is 8.64. The van der Waals surface area contributed by atoms with Crippen LogP contribution in [0.2, 0.25) is 0 Å². The second-order valence-corrected chi connectivity index (χ2v) is 2.94. The molecule has 0 saturated heterocycles. The molecule has 0 aliphatic carbocycles. The highest BCUT2D eigenvalue weighted by atomic mass is 79.9. The van der Waals surface area contributed by atoms with Crippen LogP contribution in [0, 0.1) is 10.8 Å². The highest BCUT2D eigenvalue weighted by Crippen LogP contribution is 1.92. The van der Waals surface area contributed by atoms with Gasteiger partial charge in [0.1, 0.15) is 0 Å². The number of nitrogens with zero attached hydrogens (tertiary/aromatic N) is 1. The molecule has 0 atom stereocenters. The standard InChI is InChI=1S/C10H9BrN2O/c11-6-4-10(14)13-8-5-9-3-1-2-7-12-9/h1-3,7H,5,8H2,(H,13,14). The molecule has 4 heteroatoms. The lowest BCUT2D eigenvalue weighted by molar-refractivity contribution is -0.115. The molecule has 1 heterocycles. The zero-order valence-corrected chi connectivity index (χ0v) is 9.04. The number of halogens is 1. The molecule has 0 spiro atoms. The van der Waals surface area contributed by atoms with Crippen LogP contribution in [0.5, 0.6) is 0 Å². The maximum atomic E-state index is 10.9.